The molecule has 39 heavy (non-hydrogen) atoms. The number of benzene rings is 2. The largest absolute Gasteiger partial charge is 0.455 e. The van der Waals surface area contributed by atoms with Gasteiger partial charge in [-0.3, -0.25) is 19.4 Å². The van der Waals surface area contributed by atoms with Gasteiger partial charge < -0.3 is 29.4 Å². The van der Waals surface area contributed by atoms with Gasteiger partial charge in [0.1, 0.15) is 17.3 Å². The van der Waals surface area contributed by atoms with E-state index in [0.717, 1.165) is 55.9 Å². The molecule has 6 rings (SSSR count). The summed E-state index contributed by atoms with van der Waals surface area (Å²) >= 11 is 0. The van der Waals surface area contributed by atoms with Gasteiger partial charge in [0.15, 0.2) is 28.7 Å². The highest BCUT2D eigenvalue weighted by atomic mass is 19.1. The molecule has 10 nitrogen and oxygen atoms in total. The number of nitrogens with two attached hydrogens (primary N) is 1. The molecule has 2 aromatic carbocycles. The second-order valence-corrected chi connectivity index (χ2v) is 9.39. The third-order valence-electron chi connectivity index (χ3n) is 6.74. The zero-order valence-corrected chi connectivity index (χ0v) is 20.7. The van der Waals surface area contributed by atoms with E-state index in [-0.39, 0.29) is 23.6 Å². The van der Waals surface area contributed by atoms with Crippen LogP contribution in [-0.4, -0.2) is 54.6 Å². The van der Waals surface area contributed by atoms with E-state index in [9.17, 15) is 18.4 Å². The van der Waals surface area contributed by atoms with E-state index in [0.29, 0.717) is 18.4 Å². The molecule has 0 bridgehead atoms. The van der Waals surface area contributed by atoms with Crippen molar-refractivity contribution in [3.05, 3.63) is 76.9 Å². The second kappa shape index (κ2) is 10.0. The molecule has 202 valence electrons. The maximum atomic E-state index is 14.1. The van der Waals surface area contributed by atoms with Crippen molar-refractivity contribution in [1.82, 2.24) is 9.80 Å². The minimum absolute atomic E-state index is 0.0342. The van der Waals surface area contributed by atoms with Crippen LogP contribution in [0.5, 0.6) is 11.5 Å². The van der Waals surface area contributed by atoms with Crippen LogP contribution >= 0.6 is 0 Å². The summed E-state index contributed by atoms with van der Waals surface area (Å²) in [5.41, 5.74) is 5.86. The molecule has 2 aliphatic heterocycles. The third kappa shape index (κ3) is 5.03. The molecule has 0 radical (unpaired) electrons. The predicted molar refractivity (Wildman–Crippen MR) is 134 cm³/mol. The first-order chi connectivity index (χ1) is 18.8. The van der Waals surface area contributed by atoms with Crippen molar-refractivity contribution >= 4 is 28.5 Å². The zero-order valence-electron chi connectivity index (χ0n) is 20.7. The van der Waals surface area contributed by atoms with Crippen molar-refractivity contribution in [1.29, 1.82) is 0 Å². The number of halogens is 2. The number of fused-ring (bicyclic) bond motifs is 2. The Labute approximate surface area is 220 Å². The summed E-state index contributed by atoms with van der Waals surface area (Å²) < 4.78 is 49.7. The van der Waals surface area contributed by atoms with Crippen LogP contribution in [0, 0.1) is 11.6 Å². The first-order valence-corrected chi connectivity index (χ1v) is 12.3. The number of primary amides is 1. The smallest absolute Gasteiger partial charge is 0.291 e. The molecule has 0 unspecified atom stereocenters. The lowest BCUT2D eigenvalue weighted by molar-refractivity contribution is 0.0976. The number of piperazine rings is 1. The van der Waals surface area contributed by atoms with Crippen LogP contribution in [0.25, 0.3) is 11.0 Å². The summed E-state index contributed by atoms with van der Waals surface area (Å²) in [5, 5.41) is 2.32. The van der Waals surface area contributed by atoms with Gasteiger partial charge in [-0.05, 0) is 35.9 Å². The average molecular weight is 539 g/mol. The normalized spacial score (nSPS) is 15.6. The Morgan fingerprint density at radius 3 is 2.41 bits per heavy atom. The highest BCUT2D eigenvalue weighted by Crippen LogP contribution is 2.34. The fourth-order valence-corrected chi connectivity index (χ4v) is 4.81. The summed E-state index contributed by atoms with van der Waals surface area (Å²) in [6, 6.07) is 10.7. The Morgan fingerprint density at radius 2 is 1.64 bits per heavy atom. The van der Waals surface area contributed by atoms with Crippen molar-refractivity contribution in [2.75, 3.05) is 38.3 Å². The van der Waals surface area contributed by atoms with E-state index >= 15 is 0 Å². The lowest BCUT2D eigenvalue weighted by atomic mass is 10.1. The first kappa shape index (κ1) is 24.9. The molecule has 12 heteroatoms. The minimum Gasteiger partial charge on any atom is -0.455 e. The van der Waals surface area contributed by atoms with Gasteiger partial charge >= 0.3 is 0 Å². The molecular weight excluding hydrogens is 514 g/mol. The standard InChI is InChI=1S/C27H24F2N4O6/c28-16-10-18-23(25(26(30)34)39-24(18)19(29)11-16)31-27(35)21-4-2-17(38-21)13-33-7-5-32(6-8-33)12-15-1-3-20-22(9-15)37-14-36-20/h1-4,9-11H,5-8,12-14H2,(H2,30,34)(H,31,35). The molecule has 0 atom stereocenters. The van der Waals surface area contributed by atoms with Crippen LogP contribution in [0.2, 0.25) is 0 Å². The van der Waals surface area contributed by atoms with Gasteiger partial charge in [0.05, 0.1) is 11.9 Å². The van der Waals surface area contributed by atoms with Crippen LogP contribution in [0.3, 0.4) is 0 Å². The number of amides is 2. The molecule has 0 aliphatic carbocycles. The van der Waals surface area contributed by atoms with E-state index in [1.54, 1.807) is 6.07 Å². The number of furan rings is 2. The fraction of sp³-hybridized carbons (Fsp3) is 0.259. The van der Waals surface area contributed by atoms with E-state index < -0.39 is 34.8 Å². The lowest BCUT2D eigenvalue weighted by Gasteiger charge is -2.34. The van der Waals surface area contributed by atoms with Crippen LogP contribution in [-0.2, 0) is 13.1 Å². The fourth-order valence-electron chi connectivity index (χ4n) is 4.81. The molecule has 4 heterocycles. The van der Waals surface area contributed by atoms with Gasteiger partial charge in [-0.15, -0.1) is 0 Å². The average Bonchev–Trinajstić information content (AvgIpc) is 3.64. The number of rotatable bonds is 7. The number of anilines is 1. The number of hydrogen-bond acceptors (Lipinski definition) is 8. The molecule has 0 spiro atoms. The summed E-state index contributed by atoms with van der Waals surface area (Å²) in [6.07, 6.45) is 0. The van der Waals surface area contributed by atoms with Crippen LogP contribution < -0.4 is 20.5 Å². The highest BCUT2D eigenvalue weighted by molar-refractivity contribution is 6.13. The summed E-state index contributed by atoms with van der Waals surface area (Å²) in [5.74, 6) is -2.09. The molecule has 3 N–H and O–H groups in total. The maximum Gasteiger partial charge on any atom is 0.291 e. The third-order valence-corrected chi connectivity index (χ3v) is 6.74. The van der Waals surface area contributed by atoms with Crippen LogP contribution in [0.4, 0.5) is 14.5 Å². The van der Waals surface area contributed by atoms with Gasteiger partial charge in [0.25, 0.3) is 11.8 Å². The van der Waals surface area contributed by atoms with Crippen molar-refractivity contribution in [3.63, 3.8) is 0 Å². The van der Waals surface area contributed by atoms with Gasteiger partial charge in [-0.25, -0.2) is 8.78 Å². The Hall–Kier alpha value is -4.42. The SMILES string of the molecule is NC(=O)c1oc2c(F)cc(F)cc2c1NC(=O)c1ccc(CN2CCN(Cc3ccc4c(c3)OCO4)CC2)o1. The summed E-state index contributed by atoms with van der Waals surface area (Å²) in [7, 11) is 0. The Morgan fingerprint density at radius 1 is 0.897 bits per heavy atom. The van der Waals surface area contributed by atoms with Crippen molar-refractivity contribution in [3.8, 4) is 11.5 Å². The van der Waals surface area contributed by atoms with Gasteiger partial charge in [0, 0.05) is 38.8 Å². The van der Waals surface area contributed by atoms with Crippen molar-refractivity contribution < 1.29 is 36.7 Å². The van der Waals surface area contributed by atoms with E-state index in [2.05, 4.69) is 15.1 Å². The van der Waals surface area contributed by atoms with Crippen LogP contribution in [0.15, 0.2) is 51.3 Å². The summed E-state index contributed by atoms with van der Waals surface area (Å²) in [4.78, 5) is 29.3. The van der Waals surface area contributed by atoms with E-state index in [1.165, 1.54) is 6.07 Å². The number of hydrogen-bond donors (Lipinski definition) is 2. The van der Waals surface area contributed by atoms with Gasteiger partial charge in [-0.1, -0.05) is 6.07 Å². The number of nitrogens with one attached hydrogen (secondary N) is 1. The molecule has 2 aliphatic rings. The lowest BCUT2D eigenvalue weighted by Crippen LogP contribution is -2.45. The van der Waals surface area contributed by atoms with E-state index in [1.807, 2.05) is 18.2 Å². The quantitative estimate of drug-likeness (QED) is 0.365. The predicted octanol–water partition coefficient (Wildman–Crippen LogP) is 3.70. The van der Waals surface area contributed by atoms with Crippen LogP contribution in [0.1, 0.15) is 32.4 Å². The number of nitrogens with zero attached hydrogens (tertiary/aromatic N) is 2. The van der Waals surface area contributed by atoms with Gasteiger partial charge in [-0.2, -0.15) is 0 Å². The Kier molecular flexibility index (Phi) is 6.41. The molecule has 2 aromatic heterocycles. The second-order valence-electron chi connectivity index (χ2n) is 9.39. The summed E-state index contributed by atoms with van der Waals surface area (Å²) in [6.45, 7) is 4.90. The monoisotopic (exact) mass is 538 g/mol. The zero-order chi connectivity index (χ0) is 27.1. The molecule has 0 saturated carbocycles. The highest BCUT2D eigenvalue weighted by Gasteiger charge is 2.25. The first-order valence-electron chi connectivity index (χ1n) is 12.3. The number of ether oxygens (including phenoxy) is 2. The van der Waals surface area contributed by atoms with E-state index in [4.69, 9.17) is 24.0 Å². The number of carbonyl (C=O) groups excluding carboxylic acids is 2. The topological polar surface area (TPSA) is 123 Å². The molecular formula is C27H24F2N4O6. The minimum atomic E-state index is -1.04. The Balaban J connectivity index is 1.07. The number of carbonyl (C=O) groups is 2. The van der Waals surface area contributed by atoms with Gasteiger partial charge in [0.2, 0.25) is 12.6 Å². The Bertz CT molecular complexity index is 1570. The van der Waals surface area contributed by atoms with Crippen molar-refractivity contribution in [2.24, 2.45) is 5.73 Å². The van der Waals surface area contributed by atoms with Crippen molar-refractivity contribution in [2.45, 2.75) is 13.1 Å². The molecule has 1 saturated heterocycles. The maximum absolute atomic E-state index is 14.1. The molecule has 2 amide bonds. The molecule has 1 fully saturated rings. The molecule has 4 aromatic rings.